The van der Waals surface area contributed by atoms with Gasteiger partial charge in [0.1, 0.15) is 0 Å². The standard InChI is InChI=1S/C14H18N2O3.ClH/c1-9(16-13(17)12-3-2-8-15-12)10-4-6-11(7-5-10)14(18)19;/h4-7,9,12,15H,2-3,8H2,1H3,(H,16,17)(H,18,19);1H/t9-,12+;/m0./s1. The van der Waals surface area contributed by atoms with Crippen molar-refractivity contribution >= 4 is 24.3 Å². The molecule has 1 amide bonds. The summed E-state index contributed by atoms with van der Waals surface area (Å²) in [7, 11) is 0. The van der Waals surface area contributed by atoms with E-state index in [1.807, 2.05) is 6.92 Å². The van der Waals surface area contributed by atoms with E-state index < -0.39 is 5.97 Å². The highest BCUT2D eigenvalue weighted by molar-refractivity contribution is 5.87. The summed E-state index contributed by atoms with van der Waals surface area (Å²) in [4.78, 5) is 22.7. The van der Waals surface area contributed by atoms with E-state index in [1.54, 1.807) is 24.3 Å². The number of carboxylic acid groups (broad SMARTS) is 1. The monoisotopic (exact) mass is 298 g/mol. The van der Waals surface area contributed by atoms with Crippen molar-refractivity contribution < 1.29 is 14.7 Å². The van der Waals surface area contributed by atoms with Crippen molar-refractivity contribution in [2.45, 2.75) is 31.8 Å². The maximum absolute atomic E-state index is 11.9. The van der Waals surface area contributed by atoms with Crippen molar-refractivity contribution in [1.29, 1.82) is 0 Å². The average molecular weight is 299 g/mol. The summed E-state index contributed by atoms with van der Waals surface area (Å²) >= 11 is 0. The number of hydrogen-bond donors (Lipinski definition) is 3. The lowest BCUT2D eigenvalue weighted by molar-refractivity contribution is -0.123. The van der Waals surface area contributed by atoms with Gasteiger partial charge in [-0.05, 0) is 44.0 Å². The van der Waals surface area contributed by atoms with Gasteiger partial charge in [-0.3, -0.25) is 4.79 Å². The molecule has 0 bridgehead atoms. The highest BCUT2D eigenvalue weighted by Gasteiger charge is 2.23. The molecule has 0 spiro atoms. The van der Waals surface area contributed by atoms with Crippen LogP contribution in [-0.2, 0) is 4.79 Å². The first-order chi connectivity index (χ1) is 9.08. The molecule has 2 rings (SSSR count). The molecule has 1 aromatic carbocycles. The molecule has 1 aliphatic rings. The molecule has 0 saturated carbocycles. The third kappa shape index (κ3) is 3.95. The van der Waals surface area contributed by atoms with Gasteiger partial charge in [-0.1, -0.05) is 12.1 Å². The Hall–Kier alpha value is -1.59. The van der Waals surface area contributed by atoms with Crippen molar-refractivity contribution in [3.63, 3.8) is 0 Å². The molecule has 110 valence electrons. The summed E-state index contributed by atoms with van der Waals surface area (Å²) in [5.41, 5.74) is 1.15. The molecule has 1 heterocycles. The lowest BCUT2D eigenvalue weighted by Crippen LogP contribution is -2.41. The highest BCUT2D eigenvalue weighted by atomic mass is 35.5. The number of benzene rings is 1. The van der Waals surface area contributed by atoms with Gasteiger partial charge in [0.05, 0.1) is 17.6 Å². The van der Waals surface area contributed by atoms with Crippen LogP contribution in [0.2, 0.25) is 0 Å². The molecule has 1 fully saturated rings. The topological polar surface area (TPSA) is 78.4 Å². The van der Waals surface area contributed by atoms with Crippen LogP contribution in [0.3, 0.4) is 0 Å². The predicted molar refractivity (Wildman–Crippen MR) is 78.2 cm³/mol. The molecular weight excluding hydrogens is 280 g/mol. The average Bonchev–Trinajstić information content (AvgIpc) is 2.92. The summed E-state index contributed by atoms with van der Waals surface area (Å²) in [5, 5.41) is 14.9. The van der Waals surface area contributed by atoms with E-state index in [1.165, 1.54) is 0 Å². The first kappa shape index (κ1) is 16.5. The molecule has 0 aromatic heterocycles. The molecule has 2 atom stereocenters. The Morgan fingerprint density at radius 2 is 2.00 bits per heavy atom. The van der Waals surface area contributed by atoms with Gasteiger partial charge in [0, 0.05) is 0 Å². The first-order valence-electron chi connectivity index (χ1n) is 6.45. The zero-order chi connectivity index (χ0) is 13.8. The quantitative estimate of drug-likeness (QED) is 0.791. The van der Waals surface area contributed by atoms with E-state index in [-0.39, 0.29) is 36.0 Å². The van der Waals surface area contributed by atoms with E-state index in [2.05, 4.69) is 10.6 Å². The van der Waals surface area contributed by atoms with E-state index in [9.17, 15) is 9.59 Å². The number of nitrogens with one attached hydrogen (secondary N) is 2. The summed E-state index contributed by atoms with van der Waals surface area (Å²) in [6.45, 7) is 2.78. The molecule has 1 aliphatic heterocycles. The van der Waals surface area contributed by atoms with E-state index in [0.29, 0.717) is 0 Å². The fraction of sp³-hybridized carbons (Fsp3) is 0.429. The van der Waals surface area contributed by atoms with Gasteiger partial charge in [-0.25, -0.2) is 4.79 Å². The normalized spacial score (nSPS) is 18.9. The Bertz CT molecular complexity index is 470. The van der Waals surface area contributed by atoms with Crippen molar-refractivity contribution in [3.05, 3.63) is 35.4 Å². The fourth-order valence-electron chi connectivity index (χ4n) is 2.22. The van der Waals surface area contributed by atoms with E-state index in [4.69, 9.17) is 5.11 Å². The van der Waals surface area contributed by atoms with Crippen LogP contribution in [0.15, 0.2) is 24.3 Å². The number of carbonyl (C=O) groups is 2. The van der Waals surface area contributed by atoms with Crippen molar-refractivity contribution in [2.75, 3.05) is 6.54 Å². The Labute approximate surface area is 124 Å². The maximum Gasteiger partial charge on any atom is 0.335 e. The lowest BCUT2D eigenvalue weighted by Gasteiger charge is -2.17. The highest BCUT2D eigenvalue weighted by Crippen LogP contribution is 2.14. The predicted octanol–water partition coefficient (Wildman–Crippen LogP) is 1.74. The fourth-order valence-corrected chi connectivity index (χ4v) is 2.22. The second-order valence-electron chi connectivity index (χ2n) is 4.81. The number of carbonyl (C=O) groups excluding carboxylic acids is 1. The van der Waals surface area contributed by atoms with Gasteiger partial charge in [-0.2, -0.15) is 0 Å². The molecule has 3 N–H and O–H groups in total. The minimum absolute atomic E-state index is 0. The summed E-state index contributed by atoms with van der Waals surface area (Å²) in [6, 6.07) is 6.34. The summed E-state index contributed by atoms with van der Waals surface area (Å²) in [6.07, 6.45) is 1.90. The molecule has 1 aromatic rings. The van der Waals surface area contributed by atoms with Gasteiger partial charge < -0.3 is 15.7 Å². The molecule has 0 unspecified atom stereocenters. The Morgan fingerprint density at radius 1 is 1.35 bits per heavy atom. The van der Waals surface area contributed by atoms with E-state index >= 15 is 0 Å². The zero-order valence-electron chi connectivity index (χ0n) is 11.3. The van der Waals surface area contributed by atoms with Crippen LogP contribution < -0.4 is 10.6 Å². The maximum atomic E-state index is 11.9. The molecule has 5 nitrogen and oxygen atoms in total. The SMILES string of the molecule is C[C@H](NC(=O)[C@H]1CCCN1)c1ccc(C(=O)O)cc1.Cl. The molecule has 20 heavy (non-hydrogen) atoms. The Morgan fingerprint density at radius 3 is 2.50 bits per heavy atom. The second-order valence-corrected chi connectivity index (χ2v) is 4.81. The number of aromatic carboxylic acids is 1. The third-order valence-corrected chi connectivity index (χ3v) is 3.39. The zero-order valence-corrected chi connectivity index (χ0v) is 12.1. The van der Waals surface area contributed by atoms with Crippen molar-refractivity contribution in [1.82, 2.24) is 10.6 Å². The molecular formula is C14H19ClN2O3. The number of rotatable bonds is 4. The van der Waals surface area contributed by atoms with Crippen LogP contribution in [0.1, 0.15) is 41.7 Å². The minimum Gasteiger partial charge on any atom is -0.478 e. The number of carboxylic acids is 1. The van der Waals surface area contributed by atoms with Gasteiger partial charge in [-0.15, -0.1) is 12.4 Å². The van der Waals surface area contributed by atoms with Crippen molar-refractivity contribution in [2.24, 2.45) is 0 Å². The van der Waals surface area contributed by atoms with Crippen LogP contribution in [0, 0.1) is 0 Å². The van der Waals surface area contributed by atoms with Crippen molar-refractivity contribution in [3.8, 4) is 0 Å². The minimum atomic E-state index is -0.946. The Balaban J connectivity index is 0.00000200. The molecule has 0 aliphatic carbocycles. The largest absolute Gasteiger partial charge is 0.478 e. The van der Waals surface area contributed by atoms with Crippen LogP contribution in [-0.4, -0.2) is 29.6 Å². The third-order valence-electron chi connectivity index (χ3n) is 3.39. The lowest BCUT2D eigenvalue weighted by atomic mass is 10.1. The second kappa shape index (κ2) is 7.26. The summed E-state index contributed by atoms with van der Waals surface area (Å²) in [5.74, 6) is -0.939. The van der Waals surface area contributed by atoms with E-state index in [0.717, 1.165) is 24.9 Å². The van der Waals surface area contributed by atoms with Gasteiger partial charge >= 0.3 is 5.97 Å². The first-order valence-corrected chi connectivity index (χ1v) is 6.45. The number of hydrogen-bond acceptors (Lipinski definition) is 3. The van der Waals surface area contributed by atoms with Crippen LogP contribution in [0.4, 0.5) is 0 Å². The number of halogens is 1. The van der Waals surface area contributed by atoms with Gasteiger partial charge in [0.15, 0.2) is 0 Å². The van der Waals surface area contributed by atoms with Crippen LogP contribution in [0.5, 0.6) is 0 Å². The number of amides is 1. The Kier molecular flexibility index (Phi) is 5.98. The van der Waals surface area contributed by atoms with Gasteiger partial charge in [0.25, 0.3) is 0 Å². The smallest absolute Gasteiger partial charge is 0.335 e. The molecule has 1 saturated heterocycles. The van der Waals surface area contributed by atoms with Crippen LogP contribution >= 0.6 is 12.4 Å². The molecule has 0 radical (unpaired) electrons. The summed E-state index contributed by atoms with van der Waals surface area (Å²) < 4.78 is 0. The molecule has 6 heteroatoms. The van der Waals surface area contributed by atoms with Gasteiger partial charge in [0.2, 0.25) is 5.91 Å². The van der Waals surface area contributed by atoms with Crippen LogP contribution in [0.25, 0.3) is 0 Å².